The van der Waals surface area contributed by atoms with Crippen molar-refractivity contribution in [3.8, 4) is 0 Å². The molecule has 0 spiro atoms. The van der Waals surface area contributed by atoms with E-state index in [-0.39, 0.29) is 12.0 Å². The number of hydrogen-bond donors (Lipinski definition) is 0. The number of carbonyl (C=O) groups excluding carboxylic acids is 1. The normalized spacial score (nSPS) is 12.3. The average Bonchev–Trinajstić information content (AvgIpc) is 2.13. The highest BCUT2D eigenvalue weighted by Gasteiger charge is 2.32. The maximum atomic E-state index is 12.4. The van der Waals surface area contributed by atoms with Crippen molar-refractivity contribution >= 4 is 5.97 Å². The van der Waals surface area contributed by atoms with Gasteiger partial charge >= 0.3 is 12.1 Å². The second-order valence-electron chi connectivity index (χ2n) is 4.81. The Morgan fingerprint density at radius 1 is 1.33 bits per heavy atom. The summed E-state index contributed by atoms with van der Waals surface area (Å²) in [6, 6.07) is 2.21. The van der Waals surface area contributed by atoms with E-state index in [2.05, 4.69) is 4.98 Å². The highest BCUT2D eigenvalue weighted by Crippen LogP contribution is 2.27. The van der Waals surface area contributed by atoms with E-state index in [4.69, 9.17) is 4.74 Å². The molecule has 3 nitrogen and oxygen atoms in total. The molecule has 0 radical (unpaired) electrons. The lowest BCUT2D eigenvalue weighted by molar-refractivity contribution is -0.154. The van der Waals surface area contributed by atoms with Crippen molar-refractivity contribution in [1.29, 1.82) is 0 Å². The fraction of sp³-hybridized carbons (Fsp3) is 0.500. The largest absolute Gasteiger partial charge is 0.460 e. The molecule has 0 N–H and O–H groups in total. The van der Waals surface area contributed by atoms with Crippen molar-refractivity contribution in [3.05, 3.63) is 29.6 Å². The molecule has 0 saturated carbocycles. The summed E-state index contributed by atoms with van der Waals surface area (Å²) in [5.74, 6) is -0.568. The molecule has 0 fully saturated rings. The van der Waals surface area contributed by atoms with Crippen LogP contribution in [0.1, 0.15) is 32.0 Å². The van der Waals surface area contributed by atoms with Gasteiger partial charge in [0.25, 0.3) is 0 Å². The van der Waals surface area contributed by atoms with Crippen LogP contribution in [0, 0.1) is 0 Å². The molecule has 0 saturated heterocycles. The van der Waals surface area contributed by atoms with Gasteiger partial charge in [-0.25, -0.2) is 0 Å². The molecule has 1 aromatic rings. The smallest absolute Gasteiger partial charge is 0.433 e. The van der Waals surface area contributed by atoms with E-state index >= 15 is 0 Å². The summed E-state index contributed by atoms with van der Waals surface area (Å²) in [5, 5.41) is 0. The molecule has 0 atom stereocenters. The van der Waals surface area contributed by atoms with Crippen molar-refractivity contribution in [2.75, 3.05) is 0 Å². The zero-order chi connectivity index (χ0) is 14.0. The SMILES string of the molecule is CC(C)(C)OC(=O)Cc1ccnc(C(F)(F)F)c1. The summed E-state index contributed by atoms with van der Waals surface area (Å²) in [5.41, 5.74) is -1.44. The van der Waals surface area contributed by atoms with E-state index in [1.54, 1.807) is 20.8 Å². The molecule has 18 heavy (non-hydrogen) atoms. The Balaban J connectivity index is 2.77. The number of halogens is 3. The Bertz CT molecular complexity index is 436. The van der Waals surface area contributed by atoms with Crippen LogP contribution in [0.25, 0.3) is 0 Å². The maximum Gasteiger partial charge on any atom is 0.433 e. The van der Waals surface area contributed by atoms with E-state index in [0.717, 1.165) is 12.3 Å². The Morgan fingerprint density at radius 2 is 1.94 bits per heavy atom. The number of carbonyl (C=O) groups is 1. The Kier molecular flexibility index (Phi) is 3.98. The molecular weight excluding hydrogens is 247 g/mol. The molecule has 0 unspecified atom stereocenters. The van der Waals surface area contributed by atoms with Crippen LogP contribution in [-0.2, 0) is 22.1 Å². The van der Waals surface area contributed by atoms with Gasteiger partial charge in [0.2, 0.25) is 0 Å². The van der Waals surface area contributed by atoms with E-state index in [0.29, 0.717) is 0 Å². The van der Waals surface area contributed by atoms with Gasteiger partial charge in [-0.15, -0.1) is 0 Å². The van der Waals surface area contributed by atoms with Crippen LogP contribution < -0.4 is 0 Å². The summed E-state index contributed by atoms with van der Waals surface area (Å²) in [6.45, 7) is 5.08. The first-order chi connectivity index (χ1) is 8.08. The number of pyridine rings is 1. The van der Waals surface area contributed by atoms with Gasteiger partial charge < -0.3 is 4.74 Å². The summed E-state index contributed by atoms with van der Waals surface area (Å²) < 4.78 is 42.2. The minimum atomic E-state index is -4.51. The summed E-state index contributed by atoms with van der Waals surface area (Å²) in [6.07, 6.45) is -3.69. The molecule has 1 aromatic heterocycles. The van der Waals surface area contributed by atoms with Gasteiger partial charge in [0.05, 0.1) is 6.42 Å². The van der Waals surface area contributed by atoms with Crippen molar-refractivity contribution in [2.24, 2.45) is 0 Å². The third kappa shape index (κ3) is 4.73. The van der Waals surface area contributed by atoms with Gasteiger partial charge in [0, 0.05) is 6.20 Å². The molecule has 0 aliphatic heterocycles. The highest BCUT2D eigenvalue weighted by atomic mass is 19.4. The zero-order valence-electron chi connectivity index (χ0n) is 10.3. The van der Waals surface area contributed by atoms with Crippen LogP contribution in [0.4, 0.5) is 13.2 Å². The van der Waals surface area contributed by atoms with Crippen LogP contribution in [0.3, 0.4) is 0 Å². The minimum absolute atomic E-state index is 0.205. The van der Waals surface area contributed by atoms with Crippen LogP contribution in [-0.4, -0.2) is 16.6 Å². The second-order valence-corrected chi connectivity index (χ2v) is 4.81. The van der Waals surface area contributed by atoms with Gasteiger partial charge in [0.1, 0.15) is 11.3 Å². The molecule has 0 aliphatic carbocycles. The van der Waals surface area contributed by atoms with Gasteiger partial charge in [-0.2, -0.15) is 13.2 Å². The molecule has 0 aliphatic rings. The number of hydrogen-bond acceptors (Lipinski definition) is 3. The quantitative estimate of drug-likeness (QED) is 0.768. The van der Waals surface area contributed by atoms with E-state index < -0.39 is 23.4 Å². The van der Waals surface area contributed by atoms with Gasteiger partial charge in [-0.05, 0) is 38.5 Å². The molecule has 1 rings (SSSR count). The van der Waals surface area contributed by atoms with E-state index in [1.165, 1.54) is 6.07 Å². The lowest BCUT2D eigenvalue weighted by Crippen LogP contribution is -2.25. The predicted octanol–water partition coefficient (Wildman–Crippen LogP) is 2.98. The highest BCUT2D eigenvalue weighted by molar-refractivity contribution is 5.72. The van der Waals surface area contributed by atoms with Gasteiger partial charge in [0.15, 0.2) is 0 Å². The van der Waals surface area contributed by atoms with Crippen LogP contribution in [0.2, 0.25) is 0 Å². The van der Waals surface area contributed by atoms with Crippen LogP contribution in [0.5, 0.6) is 0 Å². The van der Waals surface area contributed by atoms with Crippen molar-refractivity contribution in [2.45, 2.75) is 39.0 Å². The van der Waals surface area contributed by atoms with Gasteiger partial charge in [-0.3, -0.25) is 9.78 Å². The summed E-state index contributed by atoms with van der Waals surface area (Å²) in [7, 11) is 0. The summed E-state index contributed by atoms with van der Waals surface area (Å²) in [4.78, 5) is 14.7. The lowest BCUT2D eigenvalue weighted by atomic mass is 10.1. The Morgan fingerprint density at radius 3 is 2.44 bits per heavy atom. The second kappa shape index (κ2) is 4.96. The van der Waals surface area contributed by atoms with E-state index in [1.807, 2.05) is 0 Å². The Hall–Kier alpha value is -1.59. The molecule has 0 amide bonds. The topological polar surface area (TPSA) is 39.2 Å². The van der Waals surface area contributed by atoms with Gasteiger partial charge in [-0.1, -0.05) is 0 Å². The first-order valence-electron chi connectivity index (χ1n) is 5.32. The van der Waals surface area contributed by atoms with Crippen LogP contribution in [0.15, 0.2) is 18.3 Å². The average molecular weight is 261 g/mol. The first-order valence-corrected chi connectivity index (χ1v) is 5.32. The maximum absolute atomic E-state index is 12.4. The monoisotopic (exact) mass is 261 g/mol. The number of nitrogens with zero attached hydrogens (tertiary/aromatic N) is 1. The summed E-state index contributed by atoms with van der Waals surface area (Å²) >= 11 is 0. The molecule has 1 heterocycles. The van der Waals surface area contributed by atoms with E-state index in [9.17, 15) is 18.0 Å². The number of ether oxygens (including phenoxy) is 1. The van der Waals surface area contributed by atoms with Crippen molar-refractivity contribution < 1.29 is 22.7 Å². The number of esters is 1. The van der Waals surface area contributed by atoms with Crippen LogP contribution >= 0.6 is 0 Å². The standard InChI is InChI=1S/C12H14F3NO2/c1-11(2,3)18-10(17)7-8-4-5-16-9(6-8)12(13,14)15/h4-6H,7H2,1-3H3. The molecular formula is C12H14F3NO2. The number of aromatic nitrogens is 1. The van der Waals surface area contributed by atoms with Crippen molar-refractivity contribution in [1.82, 2.24) is 4.98 Å². The Labute approximate surface area is 103 Å². The third-order valence-electron chi connectivity index (χ3n) is 1.88. The molecule has 6 heteroatoms. The lowest BCUT2D eigenvalue weighted by Gasteiger charge is -2.19. The zero-order valence-corrected chi connectivity index (χ0v) is 10.3. The molecule has 0 bridgehead atoms. The third-order valence-corrected chi connectivity index (χ3v) is 1.88. The number of alkyl halides is 3. The predicted molar refractivity (Wildman–Crippen MR) is 58.8 cm³/mol. The molecule has 100 valence electrons. The fourth-order valence-corrected chi connectivity index (χ4v) is 1.28. The number of rotatable bonds is 2. The first kappa shape index (κ1) is 14.5. The minimum Gasteiger partial charge on any atom is -0.460 e. The fourth-order valence-electron chi connectivity index (χ4n) is 1.28. The van der Waals surface area contributed by atoms with Crippen molar-refractivity contribution in [3.63, 3.8) is 0 Å². The molecule has 0 aromatic carbocycles.